The standard InChI is InChI=1S/C34H51FN8O4S/c1-25(2)43(26(3)4)33(44)29-18-28(35)6-7-30(29)47-31-19-37-24-38-32(31)40-14-8-27(21-40)20-39-22-34(23-39)9-15-42(16-10-34)48(45,46)41-13-5-11-36-12-17-41/h6-7,18-19,24-27,36H,5,8-17,20-23H2,1-4H3/t27-/m0/s1. The van der Waals surface area contributed by atoms with Crippen molar-refractivity contribution in [3.05, 3.63) is 42.1 Å². The van der Waals surface area contributed by atoms with Crippen LogP contribution in [0.3, 0.4) is 0 Å². The molecular formula is C34H51FN8O4S. The summed E-state index contributed by atoms with van der Waals surface area (Å²) in [6.45, 7) is 16.3. The highest BCUT2D eigenvalue weighted by Gasteiger charge is 2.47. The molecule has 12 nitrogen and oxygen atoms in total. The minimum absolute atomic E-state index is 0.0666. The Kier molecular flexibility index (Phi) is 10.6. The summed E-state index contributed by atoms with van der Waals surface area (Å²) < 4.78 is 50.6. The van der Waals surface area contributed by atoms with E-state index in [1.54, 1.807) is 19.7 Å². The van der Waals surface area contributed by atoms with Gasteiger partial charge in [-0.2, -0.15) is 17.0 Å². The summed E-state index contributed by atoms with van der Waals surface area (Å²) in [6, 6.07) is 3.90. The van der Waals surface area contributed by atoms with Crippen LogP contribution >= 0.6 is 0 Å². The first-order valence-corrected chi connectivity index (χ1v) is 18.9. The highest BCUT2D eigenvalue weighted by molar-refractivity contribution is 7.86. The molecule has 6 rings (SSSR count). The molecule has 0 aliphatic carbocycles. The molecule has 2 aromatic rings. The number of nitrogens with one attached hydrogen (secondary N) is 1. The summed E-state index contributed by atoms with van der Waals surface area (Å²) in [6.07, 6.45) is 6.79. The summed E-state index contributed by atoms with van der Waals surface area (Å²) in [5.41, 5.74) is 0.379. The van der Waals surface area contributed by atoms with E-state index >= 15 is 0 Å². The Morgan fingerprint density at radius 2 is 1.77 bits per heavy atom. The van der Waals surface area contributed by atoms with Crippen LogP contribution in [-0.4, -0.2) is 127 Å². The molecule has 4 fully saturated rings. The topological polar surface area (TPSA) is 114 Å². The number of likely N-dealkylation sites (tertiary alicyclic amines) is 1. The largest absolute Gasteiger partial charge is 0.451 e. The Balaban J connectivity index is 1.04. The summed E-state index contributed by atoms with van der Waals surface area (Å²) in [5, 5.41) is 3.29. The molecule has 0 unspecified atom stereocenters. The molecule has 4 aliphatic heterocycles. The zero-order chi connectivity index (χ0) is 34.1. The van der Waals surface area contributed by atoms with Gasteiger partial charge in [-0.05, 0) is 89.5 Å². The third kappa shape index (κ3) is 7.47. The van der Waals surface area contributed by atoms with Crippen molar-refractivity contribution in [2.75, 3.05) is 76.9 Å². The van der Waals surface area contributed by atoms with Crippen LogP contribution in [0.2, 0.25) is 0 Å². The van der Waals surface area contributed by atoms with Gasteiger partial charge in [0.1, 0.15) is 17.9 Å². The molecule has 48 heavy (non-hydrogen) atoms. The van der Waals surface area contributed by atoms with Crippen LogP contribution in [0.4, 0.5) is 10.2 Å². The second-order valence-corrected chi connectivity index (χ2v) is 16.5. The van der Waals surface area contributed by atoms with Gasteiger partial charge in [0.05, 0.1) is 11.8 Å². The number of halogens is 1. The van der Waals surface area contributed by atoms with Crippen LogP contribution in [0, 0.1) is 17.2 Å². The summed E-state index contributed by atoms with van der Waals surface area (Å²) in [4.78, 5) is 28.8. The Bertz CT molecular complexity index is 1530. The normalized spacial score (nSPS) is 22.6. The number of nitrogens with zero attached hydrogens (tertiary/aromatic N) is 7. The molecule has 1 spiro atoms. The zero-order valence-corrected chi connectivity index (χ0v) is 29.6. The molecule has 14 heteroatoms. The fourth-order valence-electron chi connectivity index (χ4n) is 7.99. The van der Waals surface area contributed by atoms with Crippen molar-refractivity contribution in [3.63, 3.8) is 0 Å². The van der Waals surface area contributed by atoms with Gasteiger partial charge in [0.2, 0.25) is 0 Å². The van der Waals surface area contributed by atoms with Crippen molar-refractivity contribution in [1.29, 1.82) is 0 Å². The van der Waals surface area contributed by atoms with E-state index in [2.05, 4.69) is 25.1 Å². The van der Waals surface area contributed by atoms with E-state index in [1.165, 1.54) is 24.5 Å². The third-order valence-corrected chi connectivity index (χ3v) is 12.4. The monoisotopic (exact) mass is 686 g/mol. The van der Waals surface area contributed by atoms with Crippen LogP contribution < -0.4 is 15.0 Å². The lowest BCUT2D eigenvalue weighted by Gasteiger charge is -2.54. The first-order chi connectivity index (χ1) is 23.0. The van der Waals surface area contributed by atoms with Gasteiger partial charge >= 0.3 is 0 Å². The number of ether oxygens (including phenoxy) is 1. The van der Waals surface area contributed by atoms with Crippen molar-refractivity contribution >= 4 is 21.9 Å². The Morgan fingerprint density at radius 1 is 1.04 bits per heavy atom. The fraction of sp³-hybridized carbons (Fsp3) is 0.676. The van der Waals surface area contributed by atoms with Crippen LogP contribution in [0.5, 0.6) is 11.5 Å². The van der Waals surface area contributed by atoms with Crippen molar-refractivity contribution in [1.82, 2.24) is 33.7 Å². The minimum Gasteiger partial charge on any atom is -0.451 e. The van der Waals surface area contributed by atoms with Gasteiger partial charge in [-0.3, -0.25) is 4.79 Å². The van der Waals surface area contributed by atoms with E-state index in [0.29, 0.717) is 50.2 Å². The molecular weight excluding hydrogens is 635 g/mol. The van der Waals surface area contributed by atoms with Crippen molar-refractivity contribution < 1.29 is 22.3 Å². The Hall–Kier alpha value is -2.91. The average molecular weight is 687 g/mol. The zero-order valence-electron chi connectivity index (χ0n) is 28.8. The molecule has 1 aromatic carbocycles. The number of piperidine rings is 1. The van der Waals surface area contributed by atoms with E-state index in [4.69, 9.17) is 4.74 Å². The first-order valence-electron chi connectivity index (χ1n) is 17.5. The van der Waals surface area contributed by atoms with E-state index in [0.717, 1.165) is 65.0 Å². The number of hydrogen-bond donors (Lipinski definition) is 1. The second kappa shape index (κ2) is 14.5. The van der Waals surface area contributed by atoms with E-state index < -0.39 is 16.0 Å². The lowest BCUT2D eigenvalue weighted by atomic mass is 9.72. The van der Waals surface area contributed by atoms with Crippen LogP contribution in [0.25, 0.3) is 0 Å². The molecule has 0 radical (unpaired) electrons. The SMILES string of the molecule is CC(C)N(C(=O)c1cc(F)ccc1Oc1cncnc1N1CC[C@@H](CN2CC3(CCN(S(=O)(=O)N4CCCNCC4)CC3)C2)C1)C(C)C. The molecule has 0 bridgehead atoms. The van der Waals surface area contributed by atoms with Gasteiger partial charge in [0, 0.05) is 77.5 Å². The van der Waals surface area contributed by atoms with Crippen molar-refractivity contribution in [2.24, 2.45) is 11.3 Å². The minimum atomic E-state index is -3.40. The van der Waals surface area contributed by atoms with Gasteiger partial charge in [0.15, 0.2) is 11.6 Å². The highest BCUT2D eigenvalue weighted by atomic mass is 32.2. The van der Waals surface area contributed by atoms with Crippen LogP contribution in [0.1, 0.15) is 63.7 Å². The van der Waals surface area contributed by atoms with Crippen LogP contribution in [-0.2, 0) is 10.2 Å². The highest BCUT2D eigenvalue weighted by Crippen LogP contribution is 2.42. The maximum Gasteiger partial charge on any atom is 0.282 e. The van der Waals surface area contributed by atoms with Gasteiger partial charge in [0.25, 0.3) is 16.1 Å². The lowest BCUT2D eigenvalue weighted by molar-refractivity contribution is -0.0412. The first kappa shape index (κ1) is 34.9. The molecule has 0 saturated carbocycles. The third-order valence-electron chi connectivity index (χ3n) is 10.4. The fourth-order valence-corrected chi connectivity index (χ4v) is 9.65. The predicted molar refractivity (Wildman–Crippen MR) is 183 cm³/mol. The lowest BCUT2D eigenvalue weighted by Crippen LogP contribution is -2.62. The molecule has 1 atom stereocenters. The van der Waals surface area contributed by atoms with Gasteiger partial charge in [-0.1, -0.05) is 0 Å². The summed E-state index contributed by atoms with van der Waals surface area (Å²) >= 11 is 0. The number of amides is 1. The van der Waals surface area contributed by atoms with Crippen molar-refractivity contribution in [2.45, 2.75) is 65.5 Å². The maximum absolute atomic E-state index is 14.4. The molecule has 5 heterocycles. The molecule has 1 amide bonds. The summed E-state index contributed by atoms with van der Waals surface area (Å²) in [7, 11) is -3.40. The number of aromatic nitrogens is 2. The number of carbonyl (C=O) groups excluding carboxylic acids is 1. The van der Waals surface area contributed by atoms with E-state index in [1.807, 2.05) is 27.7 Å². The van der Waals surface area contributed by atoms with Gasteiger partial charge < -0.3 is 24.8 Å². The number of carbonyl (C=O) groups is 1. The molecule has 1 aromatic heterocycles. The molecule has 4 aliphatic rings. The molecule has 264 valence electrons. The average Bonchev–Trinajstić information content (AvgIpc) is 3.31. The van der Waals surface area contributed by atoms with Crippen molar-refractivity contribution in [3.8, 4) is 11.5 Å². The molecule has 1 N–H and O–H groups in total. The Morgan fingerprint density at radius 3 is 2.50 bits per heavy atom. The quantitative estimate of drug-likeness (QED) is 0.402. The number of rotatable bonds is 10. The van der Waals surface area contributed by atoms with E-state index in [-0.39, 0.29) is 34.7 Å². The summed E-state index contributed by atoms with van der Waals surface area (Å²) in [5.74, 6) is 1.03. The van der Waals surface area contributed by atoms with Crippen LogP contribution in [0.15, 0.2) is 30.7 Å². The predicted octanol–water partition coefficient (Wildman–Crippen LogP) is 3.43. The smallest absolute Gasteiger partial charge is 0.282 e. The maximum atomic E-state index is 14.4. The number of hydrogen-bond acceptors (Lipinski definition) is 9. The van der Waals surface area contributed by atoms with Gasteiger partial charge in [-0.25, -0.2) is 14.4 Å². The van der Waals surface area contributed by atoms with E-state index in [9.17, 15) is 17.6 Å². The Labute approximate surface area is 284 Å². The molecule has 4 saturated heterocycles. The number of benzene rings is 1. The number of anilines is 1. The van der Waals surface area contributed by atoms with Gasteiger partial charge in [-0.15, -0.1) is 0 Å². The second-order valence-electron chi connectivity index (χ2n) is 14.5.